The second-order valence-corrected chi connectivity index (χ2v) is 7.41. The molecule has 0 aliphatic rings. The van der Waals surface area contributed by atoms with Crippen LogP contribution in [0.2, 0.25) is 0 Å². The Bertz CT molecular complexity index is 785. The average molecular weight is 332 g/mol. The minimum absolute atomic E-state index is 0.212. The molecule has 0 spiro atoms. The molecule has 0 fully saturated rings. The van der Waals surface area contributed by atoms with Crippen LogP contribution in [0.25, 0.3) is 11.4 Å². The van der Waals surface area contributed by atoms with Crippen LogP contribution in [0, 0.1) is 0 Å². The van der Waals surface area contributed by atoms with Gasteiger partial charge in [-0.1, -0.05) is 51.1 Å². The Hall–Kier alpha value is -2.52. The second-order valence-electron chi connectivity index (χ2n) is 7.41. The first-order valence-electron chi connectivity index (χ1n) is 8.80. The Kier molecular flexibility index (Phi) is 5.25. The van der Waals surface area contributed by atoms with E-state index >= 15 is 0 Å². The van der Waals surface area contributed by atoms with Gasteiger partial charge in [-0.2, -0.15) is 0 Å². The smallest absolute Gasteiger partial charge is 0.103 e. The van der Waals surface area contributed by atoms with Crippen LogP contribution >= 0.6 is 0 Å². The van der Waals surface area contributed by atoms with Gasteiger partial charge in [-0.05, 0) is 35.2 Å². The molecular weight excluding hydrogens is 306 g/mol. The summed E-state index contributed by atoms with van der Waals surface area (Å²) >= 11 is 0. The van der Waals surface area contributed by atoms with Gasteiger partial charge in [0.05, 0.1) is 11.4 Å². The molecule has 3 heteroatoms. The number of rotatable bonds is 5. The van der Waals surface area contributed by atoms with E-state index in [1.54, 1.807) is 6.20 Å². The van der Waals surface area contributed by atoms with E-state index in [4.69, 9.17) is 0 Å². The van der Waals surface area contributed by atoms with E-state index < -0.39 is 0 Å². The molecule has 3 nitrogen and oxygen atoms in total. The fourth-order valence-electron chi connectivity index (χ4n) is 2.76. The maximum atomic E-state index is 4.53. The van der Waals surface area contributed by atoms with Gasteiger partial charge in [-0.15, -0.1) is 0 Å². The molecule has 1 aromatic carbocycles. The summed E-state index contributed by atoms with van der Waals surface area (Å²) in [4.78, 5) is 8.87. The van der Waals surface area contributed by atoms with Crippen molar-refractivity contribution in [1.82, 2.24) is 9.97 Å². The van der Waals surface area contributed by atoms with Crippen molar-refractivity contribution in [3.63, 3.8) is 0 Å². The predicted molar refractivity (Wildman–Crippen MR) is 102 cm³/mol. The Morgan fingerprint density at radius 1 is 0.760 bits per heavy atom. The fourth-order valence-corrected chi connectivity index (χ4v) is 2.76. The normalized spacial score (nSPS) is 11.5. The lowest BCUT2D eigenvalue weighted by molar-refractivity contribution is -0.686. The van der Waals surface area contributed by atoms with Crippen LogP contribution in [0.5, 0.6) is 0 Å². The lowest BCUT2D eigenvalue weighted by atomic mass is 9.87. The molecule has 0 aliphatic heterocycles. The van der Waals surface area contributed by atoms with Gasteiger partial charge >= 0.3 is 0 Å². The molecule has 0 bridgehead atoms. The standard InChI is InChI=1S/C22H25N3/c1-22(2,3)19-10-7-17(8-11-19)14-23-15-18-9-12-21(25-16-18)20-6-4-5-13-24-20/h4-13,16,23H,14-15H2,1-3H3/p+1. The number of nitrogens with two attached hydrogens (primary N) is 1. The first-order chi connectivity index (χ1) is 12.0. The van der Waals surface area contributed by atoms with E-state index in [1.807, 2.05) is 30.5 Å². The molecular formula is C22H26N3+. The third-order valence-corrected chi connectivity index (χ3v) is 4.33. The van der Waals surface area contributed by atoms with Gasteiger partial charge in [-0.25, -0.2) is 0 Å². The maximum absolute atomic E-state index is 4.53. The molecule has 0 radical (unpaired) electrons. The summed E-state index contributed by atoms with van der Waals surface area (Å²) in [5.41, 5.74) is 6.00. The Morgan fingerprint density at radius 3 is 2.04 bits per heavy atom. The third kappa shape index (κ3) is 4.74. The quantitative estimate of drug-likeness (QED) is 0.774. The monoisotopic (exact) mass is 332 g/mol. The maximum Gasteiger partial charge on any atom is 0.103 e. The van der Waals surface area contributed by atoms with Crippen molar-refractivity contribution in [3.05, 3.63) is 83.7 Å². The van der Waals surface area contributed by atoms with Crippen molar-refractivity contribution >= 4 is 0 Å². The Morgan fingerprint density at radius 2 is 1.44 bits per heavy atom. The minimum atomic E-state index is 0.212. The van der Waals surface area contributed by atoms with Crippen LogP contribution in [-0.4, -0.2) is 9.97 Å². The van der Waals surface area contributed by atoms with Crippen LogP contribution in [0.15, 0.2) is 67.0 Å². The highest BCUT2D eigenvalue weighted by atomic mass is 14.9. The van der Waals surface area contributed by atoms with Crippen molar-refractivity contribution in [2.45, 2.75) is 39.3 Å². The summed E-state index contributed by atoms with van der Waals surface area (Å²) in [6, 6.07) is 19.0. The molecule has 3 rings (SSSR count). The molecule has 0 aliphatic carbocycles. The van der Waals surface area contributed by atoms with Gasteiger partial charge in [0, 0.05) is 23.5 Å². The summed E-state index contributed by atoms with van der Waals surface area (Å²) in [5, 5.41) is 2.31. The number of hydrogen-bond donors (Lipinski definition) is 1. The highest BCUT2D eigenvalue weighted by Gasteiger charge is 2.12. The first-order valence-corrected chi connectivity index (χ1v) is 8.80. The van der Waals surface area contributed by atoms with Crippen molar-refractivity contribution < 1.29 is 5.32 Å². The van der Waals surface area contributed by atoms with Gasteiger partial charge in [0.15, 0.2) is 0 Å². The Balaban J connectivity index is 1.54. The summed E-state index contributed by atoms with van der Waals surface area (Å²) in [7, 11) is 0. The zero-order valence-electron chi connectivity index (χ0n) is 15.2. The Labute approximate surface area is 150 Å². The molecule has 128 valence electrons. The van der Waals surface area contributed by atoms with E-state index in [0.717, 1.165) is 24.5 Å². The number of quaternary nitrogens is 1. The summed E-state index contributed by atoms with van der Waals surface area (Å²) in [6.45, 7) is 8.64. The molecule has 0 amide bonds. The van der Waals surface area contributed by atoms with E-state index in [9.17, 15) is 0 Å². The molecule has 0 saturated carbocycles. The van der Waals surface area contributed by atoms with E-state index in [1.165, 1.54) is 16.7 Å². The highest BCUT2D eigenvalue weighted by Crippen LogP contribution is 2.21. The van der Waals surface area contributed by atoms with Crippen molar-refractivity contribution in [1.29, 1.82) is 0 Å². The van der Waals surface area contributed by atoms with Crippen LogP contribution < -0.4 is 5.32 Å². The van der Waals surface area contributed by atoms with Crippen molar-refractivity contribution in [3.8, 4) is 11.4 Å². The van der Waals surface area contributed by atoms with Crippen LogP contribution in [0.1, 0.15) is 37.5 Å². The van der Waals surface area contributed by atoms with Crippen molar-refractivity contribution in [2.24, 2.45) is 0 Å². The van der Waals surface area contributed by atoms with E-state index in [0.29, 0.717) is 0 Å². The average Bonchev–Trinajstić information content (AvgIpc) is 2.63. The summed E-state index contributed by atoms with van der Waals surface area (Å²) < 4.78 is 0. The van der Waals surface area contributed by atoms with Crippen LogP contribution in [0.4, 0.5) is 0 Å². The number of hydrogen-bond acceptors (Lipinski definition) is 2. The van der Waals surface area contributed by atoms with Gasteiger partial charge in [0.1, 0.15) is 13.1 Å². The molecule has 0 saturated heterocycles. The zero-order valence-corrected chi connectivity index (χ0v) is 15.2. The lowest BCUT2D eigenvalue weighted by Crippen LogP contribution is -2.80. The number of aromatic nitrogens is 2. The molecule has 0 atom stereocenters. The number of benzene rings is 1. The van der Waals surface area contributed by atoms with E-state index in [2.05, 4.69) is 66.4 Å². The first kappa shape index (κ1) is 17.3. The highest BCUT2D eigenvalue weighted by molar-refractivity contribution is 5.53. The van der Waals surface area contributed by atoms with Crippen molar-refractivity contribution in [2.75, 3.05) is 0 Å². The fraction of sp³-hybridized carbons (Fsp3) is 0.273. The number of nitrogens with zero attached hydrogens (tertiary/aromatic N) is 2. The lowest BCUT2D eigenvalue weighted by Gasteiger charge is -2.18. The second kappa shape index (κ2) is 7.58. The molecule has 2 N–H and O–H groups in total. The molecule has 0 unspecified atom stereocenters. The SMILES string of the molecule is CC(C)(C)c1ccc(C[NH2+]Cc2ccc(-c3ccccn3)nc2)cc1. The molecule has 2 aromatic heterocycles. The largest absolute Gasteiger partial charge is 0.339 e. The number of pyridine rings is 2. The summed E-state index contributed by atoms with van der Waals surface area (Å²) in [5.74, 6) is 0. The van der Waals surface area contributed by atoms with Crippen LogP contribution in [0.3, 0.4) is 0 Å². The topological polar surface area (TPSA) is 42.4 Å². The van der Waals surface area contributed by atoms with Gasteiger partial charge in [0.2, 0.25) is 0 Å². The van der Waals surface area contributed by atoms with E-state index in [-0.39, 0.29) is 5.41 Å². The predicted octanol–water partition coefficient (Wildman–Crippen LogP) is 3.70. The third-order valence-electron chi connectivity index (χ3n) is 4.33. The van der Waals surface area contributed by atoms with Gasteiger partial charge in [0.25, 0.3) is 0 Å². The van der Waals surface area contributed by atoms with Gasteiger partial charge < -0.3 is 5.32 Å². The molecule has 3 aromatic rings. The summed E-state index contributed by atoms with van der Waals surface area (Å²) in [6.07, 6.45) is 3.74. The van der Waals surface area contributed by atoms with Crippen LogP contribution in [-0.2, 0) is 18.5 Å². The zero-order chi connectivity index (χ0) is 17.7. The molecule has 2 heterocycles. The molecule has 25 heavy (non-hydrogen) atoms. The minimum Gasteiger partial charge on any atom is -0.339 e. The van der Waals surface area contributed by atoms with Gasteiger partial charge in [-0.3, -0.25) is 9.97 Å².